The Bertz CT molecular complexity index is 453. The van der Waals surface area contributed by atoms with Gasteiger partial charge in [-0.1, -0.05) is 12.1 Å². The molecule has 0 amide bonds. The summed E-state index contributed by atoms with van der Waals surface area (Å²) in [6.45, 7) is 0.0724. The average Bonchev–Trinajstić information content (AvgIpc) is 2.90. The molecule has 0 radical (unpaired) electrons. The summed E-state index contributed by atoms with van der Waals surface area (Å²) in [7, 11) is 0. The van der Waals surface area contributed by atoms with E-state index in [0.717, 1.165) is 17.0 Å². The first kappa shape index (κ1) is 11.7. The zero-order chi connectivity index (χ0) is 12.1. The summed E-state index contributed by atoms with van der Waals surface area (Å²) in [5, 5.41) is 21.0. The maximum Gasteiger partial charge on any atom is 0.133 e. The molecular weight excluding hydrogens is 218 g/mol. The van der Waals surface area contributed by atoms with Gasteiger partial charge >= 0.3 is 0 Å². The van der Waals surface area contributed by atoms with Crippen LogP contribution in [0.5, 0.6) is 0 Å². The number of aliphatic hydroxyl groups is 2. The molecule has 0 aliphatic carbocycles. The van der Waals surface area contributed by atoms with Gasteiger partial charge in [0, 0.05) is 17.8 Å². The van der Waals surface area contributed by atoms with Gasteiger partial charge in [-0.15, -0.1) is 0 Å². The standard InChI is InChI=1S/C13H15NO3/c15-9-12(16)8-14-11-4-1-3-10(7-11)13-5-2-6-17-13/h1-7,12,14-16H,8-9H2. The van der Waals surface area contributed by atoms with E-state index >= 15 is 0 Å². The molecular formula is C13H15NO3. The maximum atomic E-state index is 9.24. The van der Waals surface area contributed by atoms with Gasteiger partial charge in [-0.25, -0.2) is 0 Å². The molecule has 17 heavy (non-hydrogen) atoms. The molecule has 0 saturated carbocycles. The van der Waals surface area contributed by atoms with Gasteiger partial charge in [-0.3, -0.25) is 0 Å². The third kappa shape index (κ3) is 3.09. The van der Waals surface area contributed by atoms with Crippen molar-refractivity contribution in [3.8, 4) is 11.3 Å². The minimum Gasteiger partial charge on any atom is -0.464 e. The van der Waals surface area contributed by atoms with Crippen LogP contribution in [0.15, 0.2) is 47.1 Å². The van der Waals surface area contributed by atoms with Gasteiger partial charge in [0.1, 0.15) is 5.76 Å². The van der Waals surface area contributed by atoms with Gasteiger partial charge in [0.05, 0.1) is 19.0 Å². The molecule has 0 aliphatic rings. The van der Waals surface area contributed by atoms with Gasteiger partial charge in [0.25, 0.3) is 0 Å². The molecule has 1 unspecified atom stereocenters. The van der Waals surface area contributed by atoms with Crippen LogP contribution in [0, 0.1) is 0 Å². The number of anilines is 1. The van der Waals surface area contributed by atoms with E-state index in [0.29, 0.717) is 6.54 Å². The molecule has 0 spiro atoms. The molecule has 1 aromatic carbocycles. The minimum atomic E-state index is -0.748. The van der Waals surface area contributed by atoms with Crippen LogP contribution in [0.1, 0.15) is 0 Å². The Morgan fingerprint density at radius 2 is 2.12 bits per heavy atom. The number of rotatable bonds is 5. The summed E-state index contributed by atoms with van der Waals surface area (Å²) < 4.78 is 5.30. The monoisotopic (exact) mass is 233 g/mol. The van der Waals surface area contributed by atoms with Gasteiger partial charge in [0.15, 0.2) is 0 Å². The number of hydrogen-bond acceptors (Lipinski definition) is 4. The number of furan rings is 1. The fourth-order valence-corrected chi connectivity index (χ4v) is 1.53. The van der Waals surface area contributed by atoms with Crippen molar-refractivity contribution in [1.82, 2.24) is 0 Å². The molecule has 3 N–H and O–H groups in total. The predicted molar refractivity (Wildman–Crippen MR) is 65.7 cm³/mol. The zero-order valence-electron chi connectivity index (χ0n) is 9.34. The second-order valence-corrected chi connectivity index (χ2v) is 3.78. The fraction of sp³-hybridized carbons (Fsp3) is 0.231. The van der Waals surface area contributed by atoms with Crippen LogP contribution >= 0.6 is 0 Å². The number of nitrogens with one attached hydrogen (secondary N) is 1. The molecule has 0 bridgehead atoms. The first-order valence-corrected chi connectivity index (χ1v) is 5.46. The Morgan fingerprint density at radius 1 is 1.24 bits per heavy atom. The second-order valence-electron chi connectivity index (χ2n) is 3.78. The van der Waals surface area contributed by atoms with Gasteiger partial charge in [-0.05, 0) is 24.3 Å². The van der Waals surface area contributed by atoms with Crippen LogP contribution in [-0.2, 0) is 0 Å². The number of benzene rings is 1. The van der Waals surface area contributed by atoms with Crippen LogP contribution in [0.3, 0.4) is 0 Å². The molecule has 4 nitrogen and oxygen atoms in total. The third-order valence-electron chi connectivity index (χ3n) is 2.42. The summed E-state index contributed by atoms with van der Waals surface area (Å²) in [5.41, 5.74) is 1.85. The molecule has 1 heterocycles. The highest BCUT2D eigenvalue weighted by atomic mass is 16.3. The molecule has 4 heteroatoms. The first-order chi connectivity index (χ1) is 8.29. The van der Waals surface area contributed by atoms with Crippen LogP contribution in [0.2, 0.25) is 0 Å². The lowest BCUT2D eigenvalue weighted by molar-refractivity contribution is 0.105. The molecule has 1 aromatic heterocycles. The smallest absolute Gasteiger partial charge is 0.133 e. The Labute approximate surface area is 99.5 Å². The van der Waals surface area contributed by atoms with E-state index in [4.69, 9.17) is 9.52 Å². The maximum absolute atomic E-state index is 9.24. The number of aliphatic hydroxyl groups excluding tert-OH is 2. The summed E-state index contributed by atoms with van der Waals surface area (Å²) in [5.74, 6) is 0.802. The minimum absolute atomic E-state index is 0.245. The third-order valence-corrected chi connectivity index (χ3v) is 2.42. The highest BCUT2D eigenvalue weighted by molar-refractivity contribution is 5.63. The van der Waals surface area contributed by atoms with Gasteiger partial charge < -0.3 is 19.9 Å². The molecule has 2 rings (SSSR count). The summed E-state index contributed by atoms with van der Waals surface area (Å²) in [4.78, 5) is 0. The van der Waals surface area contributed by atoms with Crippen molar-refractivity contribution >= 4 is 5.69 Å². The highest BCUT2D eigenvalue weighted by Crippen LogP contribution is 2.22. The van der Waals surface area contributed by atoms with Crippen LogP contribution < -0.4 is 5.32 Å². The molecule has 90 valence electrons. The van der Waals surface area contributed by atoms with E-state index in [9.17, 15) is 5.11 Å². The number of hydrogen-bond donors (Lipinski definition) is 3. The van der Waals surface area contributed by atoms with E-state index in [-0.39, 0.29) is 6.61 Å². The van der Waals surface area contributed by atoms with E-state index in [2.05, 4.69) is 5.32 Å². The van der Waals surface area contributed by atoms with Crippen molar-refractivity contribution in [3.05, 3.63) is 42.7 Å². The summed E-state index contributed by atoms with van der Waals surface area (Å²) in [6, 6.07) is 11.4. The Kier molecular flexibility index (Phi) is 3.80. The lowest BCUT2D eigenvalue weighted by Crippen LogP contribution is -2.22. The Hall–Kier alpha value is -1.78. The van der Waals surface area contributed by atoms with Crippen molar-refractivity contribution in [3.63, 3.8) is 0 Å². The zero-order valence-corrected chi connectivity index (χ0v) is 9.34. The molecule has 0 fully saturated rings. The summed E-state index contributed by atoms with van der Waals surface area (Å²) in [6.07, 6.45) is 0.882. The van der Waals surface area contributed by atoms with E-state index in [1.165, 1.54) is 0 Å². The summed E-state index contributed by atoms with van der Waals surface area (Å²) >= 11 is 0. The van der Waals surface area contributed by atoms with Crippen LogP contribution in [0.4, 0.5) is 5.69 Å². The normalized spacial score (nSPS) is 12.4. The molecule has 2 aromatic rings. The van der Waals surface area contributed by atoms with Crippen LogP contribution in [0.25, 0.3) is 11.3 Å². The predicted octanol–water partition coefficient (Wildman–Crippen LogP) is 1.71. The van der Waals surface area contributed by atoms with Gasteiger partial charge in [0.2, 0.25) is 0 Å². The molecule has 0 aliphatic heterocycles. The lowest BCUT2D eigenvalue weighted by atomic mass is 10.1. The van der Waals surface area contributed by atoms with E-state index in [1.807, 2.05) is 36.4 Å². The molecule has 0 saturated heterocycles. The van der Waals surface area contributed by atoms with Crippen molar-refractivity contribution in [2.75, 3.05) is 18.5 Å². The average molecular weight is 233 g/mol. The quantitative estimate of drug-likeness (QED) is 0.735. The topological polar surface area (TPSA) is 65.6 Å². The van der Waals surface area contributed by atoms with Crippen LogP contribution in [-0.4, -0.2) is 29.5 Å². The first-order valence-electron chi connectivity index (χ1n) is 5.46. The Morgan fingerprint density at radius 3 is 2.82 bits per heavy atom. The lowest BCUT2D eigenvalue weighted by Gasteiger charge is -2.10. The van der Waals surface area contributed by atoms with E-state index in [1.54, 1.807) is 6.26 Å². The van der Waals surface area contributed by atoms with E-state index < -0.39 is 6.10 Å². The SMILES string of the molecule is OCC(O)CNc1cccc(-c2ccco2)c1. The largest absolute Gasteiger partial charge is 0.464 e. The molecule has 1 atom stereocenters. The van der Waals surface area contributed by atoms with Crippen molar-refractivity contribution in [1.29, 1.82) is 0 Å². The fourth-order valence-electron chi connectivity index (χ4n) is 1.53. The van der Waals surface area contributed by atoms with Gasteiger partial charge in [-0.2, -0.15) is 0 Å². The van der Waals surface area contributed by atoms with Crippen molar-refractivity contribution in [2.45, 2.75) is 6.10 Å². The highest BCUT2D eigenvalue weighted by Gasteiger charge is 2.03. The Balaban J connectivity index is 2.07. The van der Waals surface area contributed by atoms with Crippen molar-refractivity contribution in [2.24, 2.45) is 0 Å². The second kappa shape index (κ2) is 5.52. The van der Waals surface area contributed by atoms with Crippen molar-refractivity contribution < 1.29 is 14.6 Å².